The number of hydrogen-bond acceptors (Lipinski definition) is 4. The monoisotopic (exact) mass is 361 g/mol. The van der Waals surface area contributed by atoms with Crippen molar-refractivity contribution in [3.8, 4) is 11.1 Å². The molecule has 0 fully saturated rings. The molecule has 0 bridgehead atoms. The second-order valence-corrected chi connectivity index (χ2v) is 5.39. The molecule has 4 nitrogen and oxygen atoms in total. The van der Waals surface area contributed by atoms with Crippen LogP contribution in [-0.2, 0) is 9.53 Å². The third-order valence-corrected chi connectivity index (χ3v) is 3.81. The van der Waals surface area contributed by atoms with Crippen LogP contribution in [0.4, 0.5) is 22.6 Å². The summed E-state index contributed by atoms with van der Waals surface area (Å²) in [5, 5.41) is 2.57. The SMILES string of the molecule is CCOC(=O)c1c(-c2ccccc2F)csc1NC(=O)C(F)(F)F. The summed E-state index contributed by atoms with van der Waals surface area (Å²) >= 11 is 0.679. The van der Waals surface area contributed by atoms with Crippen molar-refractivity contribution in [3.63, 3.8) is 0 Å². The third kappa shape index (κ3) is 3.73. The number of thiophene rings is 1. The lowest BCUT2D eigenvalue weighted by Gasteiger charge is -2.10. The van der Waals surface area contributed by atoms with Gasteiger partial charge in [-0.3, -0.25) is 4.79 Å². The lowest BCUT2D eigenvalue weighted by atomic mass is 10.0. The summed E-state index contributed by atoms with van der Waals surface area (Å²) in [5.41, 5.74) is -0.247. The van der Waals surface area contributed by atoms with Gasteiger partial charge in [-0.2, -0.15) is 13.2 Å². The number of halogens is 4. The van der Waals surface area contributed by atoms with E-state index in [9.17, 15) is 27.2 Å². The summed E-state index contributed by atoms with van der Waals surface area (Å²) < 4.78 is 56.0. The molecule has 24 heavy (non-hydrogen) atoms. The Bertz CT molecular complexity index is 770. The molecule has 0 aliphatic carbocycles. The quantitative estimate of drug-likeness (QED) is 0.655. The van der Waals surface area contributed by atoms with E-state index in [1.165, 1.54) is 30.5 Å². The van der Waals surface area contributed by atoms with E-state index in [1.54, 1.807) is 5.32 Å². The molecule has 0 atom stereocenters. The number of nitrogens with one attached hydrogen (secondary N) is 1. The maximum Gasteiger partial charge on any atom is 0.471 e. The van der Waals surface area contributed by atoms with E-state index in [0.29, 0.717) is 11.3 Å². The predicted octanol–water partition coefficient (Wildman–Crippen LogP) is 4.23. The molecule has 1 aromatic carbocycles. The van der Waals surface area contributed by atoms with E-state index < -0.39 is 23.9 Å². The van der Waals surface area contributed by atoms with Gasteiger partial charge in [0, 0.05) is 16.5 Å². The van der Waals surface area contributed by atoms with E-state index in [0.717, 1.165) is 6.07 Å². The van der Waals surface area contributed by atoms with Gasteiger partial charge >= 0.3 is 18.1 Å². The standard InChI is InChI=1S/C15H11F4NO3S/c1-2-23-13(21)11-9(8-5-3-4-6-10(8)16)7-24-12(11)20-14(22)15(17,18)19/h3-7H,2H2,1H3,(H,20,22). The first-order valence-electron chi connectivity index (χ1n) is 6.67. The smallest absolute Gasteiger partial charge is 0.462 e. The van der Waals surface area contributed by atoms with Crippen LogP contribution in [0.3, 0.4) is 0 Å². The molecule has 0 saturated carbocycles. The second kappa shape index (κ2) is 7.00. The van der Waals surface area contributed by atoms with Crippen molar-refractivity contribution in [2.45, 2.75) is 13.1 Å². The lowest BCUT2D eigenvalue weighted by molar-refractivity contribution is -0.167. The number of esters is 1. The summed E-state index contributed by atoms with van der Waals surface area (Å²) in [6.07, 6.45) is -5.12. The van der Waals surface area contributed by atoms with Gasteiger partial charge in [0.2, 0.25) is 0 Å². The maximum absolute atomic E-state index is 14.0. The first-order valence-corrected chi connectivity index (χ1v) is 7.55. The topological polar surface area (TPSA) is 55.4 Å². The highest BCUT2D eigenvalue weighted by Crippen LogP contribution is 2.38. The summed E-state index contributed by atoms with van der Waals surface area (Å²) in [4.78, 5) is 23.2. The minimum Gasteiger partial charge on any atom is -0.462 e. The molecule has 2 aromatic rings. The number of anilines is 1. The fourth-order valence-corrected chi connectivity index (χ4v) is 2.85. The molecule has 1 heterocycles. The number of amides is 1. The van der Waals surface area contributed by atoms with E-state index >= 15 is 0 Å². The molecule has 1 N–H and O–H groups in total. The van der Waals surface area contributed by atoms with E-state index in [2.05, 4.69) is 0 Å². The van der Waals surface area contributed by atoms with Gasteiger partial charge in [-0.25, -0.2) is 9.18 Å². The van der Waals surface area contributed by atoms with Crippen molar-refractivity contribution in [2.75, 3.05) is 11.9 Å². The molecule has 0 spiro atoms. The predicted molar refractivity (Wildman–Crippen MR) is 80.4 cm³/mol. The molecule has 128 valence electrons. The zero-order chi connectivity index (χ0) is 17.9. The Hall–Kier alpha value is -2.42. The Morgan fingerprint density at radius 1 is 1.21 bits per heavy atom. The number of carbonyl (C=O) groups is 2. The summed E-state index contributed by atoms with van der Waals surface area (Å²) in [6, 6.07) is 5.46. The van der Waals surface area contributed by atoms with Crippen LogP contribution < -0.4 is 5.32 Å². The van der Waals surface area contributed by atoms with Gasteiger partial charge in [0.15, 0.2) is 0 Å². The van der Waals surface area contributed by atoms with Crippen LogP contribution in [0, 0.1) is 5.82 Å². The zero-order valence-corrected chi connectivity index (χ0v) is 13.1. The molecule has 0 saturated heterocycles. The molecular weight excluding hydrogens is 350 g/mol. The van der Waals surface area contributed by atoms with Gasteiger partial charge in [0.25, 0.3) is 0 Å². The molecule has 9 heteroatoms. The second-order valence-electron chi connectivity index (χ2n) is 4.51. The van der Waals surface area contributed by atoms with Crippen molar-refractivity contribution in [2.24, 2.45) is 0 Å². The van der Waals surface area contributed by atoms with Gasteiger partial charge in [0.05, 0.1) is 6.61 Å². The number of benzene rings is 1. The molecule has 0 radical (unpaired) electrons. The van der Waals surface area contributed by atoms with Crippen molar-refractivity contribution >= 4 is 28.2 Å². The fourth-order valence-electron chi connectivity index (χ4n) is 1.91. The van der Waals surface area contributed by atoms with Gasteiger partial charge in [-0.15, -0.1) is 11.3 Å². The molecule has 1 aromatic heterocycles. The number of hydrogen-bond donors (Lipinski definition) is 1. The maximum atomic E-state index is 14.0. The Morgan fingerprint density at radius 2 is 1.88 bits per heavy atom. The highest BCUT2D eigenvalue weighted by molar-refractivity contribution is 7.15. The Labute approximate surface area is 138 Å². The summed E-state index contributed by atoms with van der Waals surface area (Å²) in [5.74, 6) is -3.83. The van der Waals surface area contributed by atoms with Crippen LogP contribution in [0.1, 0.15) is 17.3 Å². The molecule has 0 aliphatic rings. The van der Waals surface area contributed by atoms with Crippen molar-refractivity contribution in [1.29, 1.82) is 0 Å². The Kier molecular flexibility index (Phi) is 5.23. The van der Waals surface area contributed by atoms with Crippen molar-refractivity contribution < 1.29 is 31.9 Å². The number of alkyl halides is 3. The highest BCUT2D eigenvalue weighted by Gasteiger charge is 2.40. The van der Waals surface area contributed by atoms with Crippen molar-refractivity contribution in [1.82, 2.24) is 0 Å². The van der Waals surface area contributed by atoms with Crippen LogP contribution in [-0.4, -0.2) is 24.7 Å². The normalized spacial score (nSPS) is 11.2. The minimum atomic E-state index is -5.12. The molecular formula is C15H11F4NO3S. The average Bonchev–Trinajstić information content (AvgIpc) is 2.90. The van der Waals surface area contributed by atoms with Crippen LogP contribution in [0.5, 0.6) is 0 Å². The minimum absolute atomic E-state index is 0.0179. The average molecular weight is 361 g/mol. The summed E-state index contributed by atoms with van der Waals surface area (Å²) in [7, 11) is 0. The van der Waals surface area contributed by atoms with E-state index in [1.807, 2.05) is 0 Å². The molecule has 2 rings (SSSR count). The van der Waals surface area contributed by atoms with Crippen LogP contribution in [0.2, 0.25) is 0 Å². The summed E-state index contributed by atoms with van der Waals surface area (Å²) in [6.45, 7) is 1.49. The fraction of sp³-hybridized carbons (Fsp3) is 0.200. The van der Waals surface area contributed by atoms with Crippen molar-refractivity contribution in [3.05, 3.63) is 41.0 Å². The number of ether oxygens (including phenoxy) is 1. The number of rotatable bonds is 4. The Balaban J connectivity index is 2.52. The van der Waals surface area contributed by atoms with Gasteiger partial charge in [0.1, 0.15) is 16.4 Å². The zero-order valence-electron chi connectivity index (χ0n) is 12.2. The van der Waals surface area contributed by atoms with Gasteiger partial charge < -0.3 is 10.1 Å². The van der Waals surface area contributed by atoms with Gasteiger partial charge in [-0.05, 0) is 13.0 Å². The largest absolute Gasteiger partial charge is 0.471 e. The first kappa shape index (κ1) is 17.9. The van der Waals surface area contributed by atoms with Crippen LogP contribution in [0.25, 0.3) is 11.1 Å². The lowest BCUT2D eigenvalue weighted by Crippen LogP contribution is -2.30. The third-order valence-electron chi connectivity index (χ3n) is 2.92. The molecule has 1 amide bonds. The van der Waals surface area contributed by atoms with Crippen LogP contribution >= 0.6 is 11.3 Å². The van der Waals surface area contributed by atoms with E-state index in [-0.39, 0.29) is 28.3 Å². The van der Waals surface area contributed by atoms with Gasteiger partial charge in [-0.1, -0.05) is 18.2 Å². The highest BCUT2D eigenvalue weighted by atomic mass is 32.1. The van der Waals surface area contributed by atoms with Crippen LogP contribution in [0.15, 0.2) is 29.6 Å². The number of carbonyl (C=O) groups excluding carboxylic acids is 2. The molecule has 0 unspecified atom stereocenters. The van der Waals surface area contributed by atoms with E-state index in [4.69, 9.17) is 4.74 Å². The first-order chi connectivity index (χ1) is 11.3. The molecule has 0 aliphatic heterocycles. The Morgan fingerprint density at radius 3 is 2.46 bits per heavy atom.